The fourth-order valence-corrected chi connectivity index (χ4v) is 7.30. The predicted molar refractivity (Wildman–Crippen MR) is 375 cm³/mol. The number of pyridine rings is 3. The van der Waals surface area contributed by atoms with Gasteiger partial charge in [-0.25, -0.2) is 44.1 Å². The van der Waals surface area contributed by atoms with E-state index in [-0.39, 0.29) is 29.2 Å². The minimum Gasteiger partial charge on any atom is -0.478 e. The van der Waals surface area contributed by atoms with Crippen LogP contribution in [0.25, 0.3) is 22.5 Å². The summed E-state index contributed by atoms with van der Waals surface area (Å²) in [4.78, 5) is 99.9. The number of methoxy groups -OCH3 is 3. The van der Waals surface area contributed by atoms with Gasteiger partial charge in [0.1, 0.15) is 0 Å². The zero-order valence-corrected chi connectivity index (χ0v) is 56.1. The van der Waals surface area contributed by atoms with E-state index in [1.54, 1.807) is 141 Å². The van der Waals surface area contributed by atoms with Crippen LogP contribution in [0.15, 0.2) is 188 Å². The average Bonchev–Trinajstić information content (AvgIpc) is 0.862. The second-order valence-corrected chi connectivity index (χ2v) is 20.0. The van der Waals surface area contributed by atoms with Crippen molar-refractivity contribution in [1.29, 1.82) is 5.26 Å². The molecule has 9 rings (SSSR count). The molecule has 0 aliphatic carbocycles. The van der Waals surface area contributed by atoms with Crippen LogP contribution >= 0.6 is 0 Å². The third-order valence-corrected chi connectivity index (χ3v) is 12.4. The first-order chi connectivity index (χ1) is 47.2. The number of carboxylic acids is 1. The molecule has 0 unspecified atom stereocenters. The molecule has 0 atom stereocenters. The van der Waals surface area contributed by atoms with E-state index in [0.29, 0.717) is 57.8 Å². The zero-order valence-electron chi connectivity index (χ0n) is 56.1. The summed E-state index contributed by atoms with van der Waals surface area (Å²) < 4.78 is 13.9. The number of aryl methyl sites for hydroxylation is 4. The number of aliphatic hydroxyl groups is 1. The van der Waals surface area contributed by atoms with Crippen molar-refractivity contribution in [3.05, 3.63) is 243 Å². The van der Waals surface area contributed by atoms with Crippen molar-refractivity contribution in [3.63, 3.8) is 0 Å². The number of aromatic carboxylic acids is 1. The van der Waals surface area contributed by atoms with E-state index in [2.05, 4.69) is 72.6 Å². The summed E-state index contributed by atoms with van der Waals surface area (Å²) in [6, 6.07) is 34.9. The summed E-state index contributed by atoms with van der Waals surface area (Å²) in [5, 5.41) is 44.1. The maximum Gasteiger partial charge on any atom is 0.337 e. The van der Waals surface area contributed by atoms with Crippen molar-refractivity contribution in [2.24, 2.45) is 22.2 Å². The monoisotopic (exact) mass is 1350 g/mol. The number of allylic oxidation sites excluding steroid dienone is 1. The second kappa shape index (κ2) is 45.1. The Bertz CT molecular complexity index is 4130. The van der Waals surface area contributed by atoms with Gasteiger partial charge in [0.25, 0.3) is 5.09 Å². The van der Waals surface area contributed by atoms with E-state index in [9.17, 15) is 24.0 Å². The van der Waals surface area contributed by atoms with Crippen LogP contribution in [0, 0.1) is 49.3 Å². The van der Waals surface area contributed by atoms with Gasteiger partial charge in [0.15, 0.2) is 17.9 Å². The van der Waals surface area contributed by atoms with Crippen molar-refractivity contribution >= 4 is 70.3 Å². The Morgan fingerprint density at radius 3 is 1.42 bits per heavy atom. The molecule has 9 aromatic rings. The molecule has 0 saturated carbocycles. The number of aliphatic hydroxyl groups excluding tert-OH is 1. The molecule has 0 spiro atoms. The Hall–Kier alpha value is -13.3. The number of aromatic nitrogens is 7. The number of hydrogen-bond acceptors (Lipinski definition) is 25. The number of carbonyl (C=O) groups excluding carboxylic acids is 4. The Kier molecular flexibility index (Phi) is 37.3. The lowest BCUT2D eigenvalue weighted by atomic mass is 10.1. The average molecular weight is 1350 g/mol. The number of unbranched alkanes of at least 4 members (excludes halogenated alkanes) is 1. The first-order valence-electron chi connectivity index (χ1n) is 29.4. The van der Waals surface area contributed by atoms with E-state index in [4.69, 9.17) is 52.7 Å². The molecule has 30 nitrogen and oxygen atoms in total. The molecule has 0 fully saturated rings. The normalized spacial score (nSPS) is 9.56. The van der Waals surface area contributed by atoms with Gasteiger partial charge < -0.3 is 68.1 Å². The molecule has 13 N–H and O–H groups in total. The summed E-state index contributed by atoms with van der Waals surface area (Å²) >= 11 is 0. The molecular weight excluding hydrogens is 1270 g/mol. The molecule has 0 aliphatic rings. The van der Waals surface area contributed by atoms with Gasteiger partial charge in [0.2, 0.25) is 11.9 Å². The SMILES string of the molecule is CCCCO.CN(C)/C=C/C(=O)c1cccnc1.COC(=O)c1ccc(C)c(N)c1.COC(=O)c1ccc(C)c(N=C(N)N)c1.COC(=O)c1ccc(C)c(Nc2nccc(-c3cccnc3)n2)c1.Cc1ccc(C(=O)O)cc1Nc1nccc(-c2cccnc2)n1.N#CN.O=[N+]([O-])O. The molecule has 5 heterocycles. The number of esters is 3. The molecule has 5 aromatic heterocycles. The third-order valence-electron chi connectivity index (χ3n) is 12.4. The van der Waals surface area contributed by atoms with Crippen molar-refractivity contribution in [3.8, 4) is 28.7 Å². The number of aliphatic imine (C=N–C) groups is 1. The number of rotatable bonds is 16. The van der Waals surface area contributed by atoms with Crippen LogP contribution in [0.1, 0.15) is 93.8 Å². The van der Waals surface area contributed by atoms with Crippen LogP contribution in [-0.2, 0) is 14.2 Å². The van der Waals surface area contributed by atoms with E-state index >= 15 is 0 Å². The van der Waals surface area contributed by atoms with Crippen molar-refractivity contribution in [2.45, 2.75) is 47.5 Å². The number of carboxylic acid groups (broad SMARTS) is 1. The summed E-state index contributed by atoms with van der Waals surface area (Å²) in [5.41, 5.74) is 32.1. The zero-order chi connectivity index (χ0) is 73.8. The highest BCUT2D eigenvalue weighted by Gasteiger charge is 2.13. The number of nitrogens with one attached hydrogen (secondary N) is 2. The van der Waals surface area contributed by atoms with E-state index < -0.39 is 17.0 Å². The number of benzene rings is 4. The number of hydrogen-bond donors (Lipinski definition) is 9. The van der Waals surface area contributed by atoms with Gasteiger partial charge in [-0.2, -0.15) is 5.26 Å². The number of ether oxygens (including phenoxy) is 3. The highest BCUT2D eigenvalue weighted by atomic mass is 16.9. The third kappa shape index (κ3) is 31.5. The summed E-state index contributed by atoms with van der Waals surface area (Å²) in [6.45, 7) is 9.96. The molecule has 0 bridgehead atoms. The minimum absolute atomic E-state index is 0.0261. The Morgan fingerprint density at radius 1 is 0.636 bits per heavy atom. The van der Waals surface area contributed by atoms with Crippen molar-refractivity contribution < 1.29 is 58.7 Å². The van der Waals surface area contributed by atoms with E-state index in [1.165, 1.54) is 33.6 Å². The molecule has 518 valence electrons. The number of carbonyl (C=O) groups is 5. The number of nitrogens with two attached hydrogens (primary N) is 4. The molecule has 0 radical (unpaired) electrons. The molecule has 0 saturated heterocycles. The fraction of sp³-hybridized carbons (Fsp3) is 0.188. The number of guanidine groups is 1. The van der Waals surface area contributed by atoms with Crippen molar-refractivity contribution in [1.82, 2.24) is 39.8 Å². The number of nitrogen functional groups attached to an aromatic ring is 1. The van der Waals surface area contributed by atoms with Gasteiger partial charge in [0, 0.05) is 116 Å². The lowest BCUT2D eigenvalue weighted by molar-refractivity contribution is -0.742. The Balaban J connectivity index is 0.000000413. The maximum absolute atomic E-state index is 11.7. The number of anilines is 5. The van der Waals surface area contributed by atoms with Crippen LogP contribution in [0.2, 0.25) is 0 Å². The summed E-state index contributed by atoms with van der Waals surface area (Å²) in [6.07, 6.45) is 19.9. The molecule has 30 heteroatoms. The summed E-state index contributed by atoms with van der Waals surface area (Å²) in [7, 11) is 7.76. The number of nitrogens with zero attached hydrogens (tertiary/aromatic N) is 11. The van der Waals surface area contributed by atoms with Gasteiger partial charge >= 0.3 is 23.9 Å². The number of ketones is 1. The highest BCUT2D eigenvalue weighted by Crippen LogP contribution is 2.25. The van der Waals surface area contributed by atoms with Crippen LogP contribution in [-0.4, -0.2) is 138 Å². The Labute approximate surface area is 571 Å². The van der Waals surface area contributed by atoms with E-state index in [1.807, 2.05) is 83.1 Å². The van der Waals surface area contributed by atoms with Gasteiger partial charge in [-0.05, 0) is 153 Å². The highest BCUT2D eigenvalue weighted by molar-refractivity contribution is 6.04. The minimum atomic E-state index is -1.50. The molecule has 4 aromatic carbocycles. The fourth-order valence-electron chi connectivity index (χ4n) is 7.30. The van der Waals surface area contributed by atoms with Crippen LogP contribution in [0.4, 0.5) is 34.6 Å². The van der Waals surface area contributed by atoms with Crippen molar-refractivity contribution in [2.75, 3.05) is 58.4 Å². The lowest BCUT2D eigenvalue weighted by Crippen LogP contribution is -2.22. The first kappa shape index (κ1) is 81.8. The van der Waals surface area contributed by atoms with Crippen LogP contribution < -0.4 is 33.6 Å². The van der Waals surface area contributed by atoms with E-state index in [0.717, 1.165) is 63.3 Å². The number of nitriles is 1. The lowest BCUT2D eigenvalue weighted by Gasteiger charge is -2.10. The summed E-state index contributed by atoms with van der Waals surface area (Å²) in [5.74, 6) is -1.36. The predicted octanol–water partition coefficient (Wildman–Crippen LogP) is 9.91. The standard InChI is InChI=1S/C18H16N4O2.C17H14N4O2.C10H13N3O2.C10H12N2O.C9H11NO2.C4H10O.CH2N2.HNO3/c1-12-5-6-13(17(23)24-2)10-16(12)22-18-20-9-7-15(21-18)14-4-3-8-19-11-14;1-11-4-5-12(16(22)23)9-15(11)21-17-19-8-6-14(20-17)13-3-2-7-18-10-13;1-6-3-4-7(9(14)15-2)5-8(6)13-10(11)12;1-12(2)7-5-10(13)9-4-3-6-11-8-9;1-6-3-4-7(5-8(6)10)9(11)12-2;1-2-3-4-5;2-1-3;2-1(3)4/h3-11H,1-2H3,(H,20,21,22);2-10H,1H3,(H,22,23)(H,19,20,21);3-5H,1-2H3,(H4,11,12,13);3-8H,1-2H3;3-5H,10H2,1-2H3;5H,2-4H2,1H3;2H2;(H,2,3,4)/b;;;7-5+;;;;. The quantitative estimate of drug-likeness (QED) is 0.00371. The second-order valence-electron chi connectivity index (χ2n) is 20.0. The molecular formula is C69H79N17O13. The van der Waals surface area contributed by atoms with Gasteiger partial charge in [0.05, 0.1) is 60.7 Å². The maximum atomic E-state index is 11.7. The van der Waals surface area contributed by atoms with Crippen LogP contribution in [0.5, 0.6) is 0 Å². The largest absolute Gasteiger partial charge is 0.478 e. The Morgan fingerprint density at radius 2 is 1.05 bits per heavy atom. The molecule has 0 amide bonds. The first-order valence-corrected chi connectivity index (χ1v) is 29.4. The smallest absolute Gasteiger partial charge is 0.337 e. The van der Waals surface area contributed by atoms with Gasteiger partial charge in [-0.15, -0.1) is 10.1 Å². The van der Waals surface area contributed by atoms with Gasteiger partial charge in [-0.1, -0.05) is 37.6 Å². The van der Waals surface area contributed by atoms with Crippen LogP contribution in [0.3, 0.4) is 0 Å². The molecule has 0 aliphatic heterocycles. The molecule has 99 heavy (non-hydrogen) atoms. The topological polar surface area (TPSA) is 475 Å². The van der Waals surface area contributed by atoms with Gasteiger partial charge in [-0.3, -0.25) is 19.7 Å².